The third-order valence-corrected chi connectivity index (χ3v) is 4.19. The van der Waals surface area contributed by atoms with E-state index in [2.05, 4.69) is 0 Å². The number of hydrogen-bond acceptors (Lipinski definition) is 4. The molecule has 0 unspecified atom stereocenters. The van der Waals surface area contributed by atoms with Gasteiger partial charge in [0.05, 0.1) is 23.6 Å². The zero-order valence-electron chi connectivity index (χ0n) is 13.4. The maximum atomic E-state index is 12.0. The van der Waals surface area contributed by atoms with Gasteiger partial charge in [-0.25, -0.2) is 4.79 Å². The van der Waals surface area contributed by atoms with E-state index >= 15 is 0 Å². The zero-order chi connectivity index (χ0) is 17.1. The first-order valence-electron chi connectivity index (χ1n) is 7.88. The Hall–Kier alpha value is -2.89. The Morgan fingerprint density at radius 2 is 1.96 bits per heavy atom. The van der Waals surface area contributed by atoms with Crippen molar-refractivity contribution in [3.8, 4) is 11.1 Å². The van der Waals surface area contributed by atoms with Crippen LogP contribution in [0.2, 0.25) is 0 Å². The van der Waals surface area contributed by atoms with Crippen molar-refractivity contribution in [1.82, 2.24) is 4.90 Å². The standard InChI is InChI=1S/C18H18N2O4/c1-2-24-18(21)19-11-10-15-14(13-6-4-3-5-7-13)8-9-17(20(22)23)16(15)12-19/h3-9H,2,10-12H2,1H3. The fraction of sp³-hybridized carbons (Fsp3) is 0.278. The van der Waals surface area contributed by atoms with E-state index in [0.29, 0.717) is 18.5 Å². The van der Waals surface area contributed by atoms with Crippen molar-refractivity contribution >= 4 is 11.8 Å². The summed E-state index contributed by atoms with van der Waals surface area (Å²) in [5.41, 5.74) is 3.60. The molecule has 0 spiro atoms. The number of nitrogens with zero attached hydrogens (tertiary/aromatic N) is 2. The number of nitro benzene ring substituents is 1. The Morgan fingerprint density at radius 1 is 1.21 bits per heavy atom. The van der Waals surface area contributed by atoms with Crippen LogP contribution < -0.4 is 0 Å². The van der Waals surface area contributed by atoms with E-state index < -0.39 is 6.09 Å². The Kier molecular flexibility index (Phi) is 4.46. The second kappa shape index (κ2) is 6.70. The highest BCUT2D eigenvalue weighted by Gasteiger charge is 2.29. The summed E-state index contributed by atoms with van der Waals surface area (Å²) in [5, 5.41) is 11.4. The number of carbonyl (C=O) groups excluding carboxylic acids is 1. The van der Waals surface area contributed by atoms with Crippen molar-refractivity contribution in [2.75, 3.05) is 13.2 Å². The minimum atomic E-state index is -0.428. The molecule has 24 heavy (non-hydrogen) atoms. The molecule has 0 atom stereocenters. The van der Waals surface area contributed by atoms with Gasteiger partial charge in [-0.2, -0.15) is 0 Å². The largest absolute Gasteiger partial charge is 0.450 e. The number of hydrogen-bond donors (Lipinski definition) is 0. The van der Waals surface area contributed by atoms with Crippen LogP contribution in [-0.2, 0) is 17.7 Å². The fourth-order valence-corrected chi connectivity index (χ4v) is 3.09. The number of benzene rings is 2. The van der Waals surface area contributed by atoms with Gasteiger partial charge in [0.2, 0.25) is 0 Å². The minimum absolute atomic E-state index is 0.0543. The fourth-order valence-electron chi connectivity index (χ4n) is 3.09. The van der Waals surface area contributed by atoms with E-state index in [1.807, 2.05) is 30.3 Å². The first kappa shape index (κ1) is 16.0. The van der Waals surface area contributed by atoms with E-state index in [9.17, 15) is 14.9 Å². The van der Waals surface area contributed by atoms with Crippen LogP contribution in [0.1, 0.15) is 18.1 Å². The average molecular weight is 326 g/mol. The summed E-state index contributed by atoms with van der Waals surface area (Å²) in [6.45, 7) is 2.72. The number of rotatable bonds is 3. The van der Waals surface area contributed by atoms with Gasteiger partial charge >= 0.3 is 6.09 Å². The Labute approximate surface area is 139 Å². The lowest BCUT2D eigenvalue weighted by Gasteiger charge is -2.29. The smallest absolute Gasteiger partial charge is 0.410 e. The molecule has 2 aromatic rings. The van der Waals surface area contributed by atoms with Gasteiger partial charge in [-0.15, -0.1) is 0 Å². The van der Waals surface area contributed by atoms with Crippen LogP contribution in [0.5, 0.6) is 0 Å². The molecule has 1 heterocycles. The highest BCUT2D eigenvalue weighted by atomic mass is 16.6. The molecule has 0 fully saturated rings. The van der Waals surface area contributed by atoms with Crippen molar-refractivity contribution in [3.05, 3.63) is 63.7 Å². The van der Waals surface area contributed by atoms with Gasteiger partial charge in [0.15, 0.2) is 0 Å². The van der Waals surface area contributed by atoms with E-state index in [1.165, 1.54) is 11.0 Å². The molecule has 0 radical (unpaired) electrons. The summed E-state index contributed by atoms with van der Waals surface area (Å²) in [6.07, 6.45) is 0.141. The molecule has 124 valence electrons. The lowest BCUT2D eigenvalue weighted by molar-refractivity contribution is -0.385. The molecule has 1 aliphatic heterocycles. The van der Waals surface area contributed by atoms with Crippen LogP contribution in [0.3, 0.4) is 0 Å². The molecule has 6 nitrogen and oxygen atoms in total. The van der Waals surface area contributed by atoms with Gasteiger partial charge in [-0.1, -0.05) is 30.3 Å². The van der Waals surface area contributed by atoms with Crippen LogP contribution in [0.25, 0.3) is 11.1 Å². The van der Waals surface area contributed by atoms with Crippen LogP contribution in [0.15, 0.2) is 42.5 Å². The molecule has 2 aromatic carbocycles. The first-order valence-corrected chi connectivity index (χ1v) is 7.88. The normalized spacial score (nSPS) is 13.3. The molecule has 0 bridgehead atoms. The van der Waals surface area contributed by atoms with Gasteiger partial charge < -0.3 is 9.64 Å². The molecular weight excluding hydrogens is 308 g/mol. The quantitative estimate of drug-likeness (QED) is 0.635. The van der Waals surface area contributed by atoms with E-state index in [0.717, 1.165) is 16.7 Å². The SMILES string of the molecule is CCOC(=O)N1CCc2c(-c3ccccc3)ccc([N+](=O)[O-])c2C1. The molecule has 3 rings (SSSR count). The van der Waals surface area contributed by atoms with E-state index in [1.54, 1.807) is 13.0 Å². The zero-order valence-corrected chi connectivity index (χ0v) is 13.4. The highest BCUT2D eigenvalue weighted by molar-refractivity contribution is 5.74. The molecular formula is C18H18N2O4. The van der Waals surface area contributed by atoms with Crippen molar-refractivity contribution in [1.29, 1.82) is 0 Å². The molecule has 0 saturated carbocycles. The predicted octanol–water partition coefficient (Wildman–Crippen LogP) is 3.78. The summed E-state index contributed by atoms with van der Waals surface area (Å²) < 4.78 is 5.03. The molecule has 1 amide bonds. The second-order valence-corrected chi connectivity index (χ2v) is 5.58. The topological polar surface area (TPSA) is 72.7 Å². The van der Waals surface area contributed by atoms with Gasteiger partial charge in [0.25, 0.3) is 5.69 Å². The van der Waals surface area contributed by atoms with Gasteiger partial charge in [-0.05, 0) is 36.1 Å². The lowest BCUT2D eigenvalue weighted by atomic mass is 9.89. The number of fused-ring (bicyclic) bond motifs is 1. The monoisotopic (exact) mass is 326 g/mol. The number of amides is 1. The minimum Gasteiger partial charge on any atom is -0.450 e. The Morgan fingerprint density at radius 3 is 2.62 bits per heavy atom. The van der Waals surface area contributed by atoms with E-state index in [-0.39, 0.29) is 23.8 Å². The van der Waals surface area contributed by atoms with Crippen molar-refractivity contribution in [2.45, 2.75) is 19.9 Å². The highest BCUT2D eigenvalue weighted by Crippen LogP contribution is 2.35. The number of carbonyl (C=O) groups is 1. The maximum absolute atomic E-state index is 12.0. The average Bonchev–Trinajstić information content (AvgIpc) is 2.61. The Balaban J connectivity index is 2.05. The first-order chi connectivity index (χ1) is 11.6. The van der Waals surface area contributed by atoms with Crippen molar-refractivity contribution in [2.24, 2.45) is 0 Å². The summed E-state index contributed by atoms with van der Waals surface area (Å²) in [7, 11) is 0. The predicted molar refractivity (Wildman–Crippen MR) is 89.7 cm³/mol. The number of nitro groups is 1. The van der Waals surface area contributed by atoms with Crippen LogP contribution in [0, 0.1) is 10.1 Å². The molecule has 6 heteroatoms. The van der Waals surface area contributed by atoms with Gasteiger partial charge in [-0.3, -0.25) is 10.1 Å². The summed E-state index contributed by atoms with van der Waals surface area (Å²) in [5.74, 6) is 0. The molecule has 1 aliphatic rings. The van der Waals surface area contributed by atoms with Gasteiger partial charge in [0, 0.05) is 12.6 Å². The molecule has 0 aliphatic carbocycles. The molecule has 0 saturated heterocycles. The second-order valence-electron chi connectivity index (χ2n) is 5.58. The summed E-state index contributed by atoms with van der Waals surface area (Å²) >= 11 is 0. The summed E-state index contributed by atoms with van der Waals surface area (Å²) in [4.78, 5) is 24.5. The molecule has 0 N–H and O–H groups in total. The van der Waals surface area contributed by atoms with Crippen LogP contribution in [0.4, 0.5) is 10.5 Å². The van der Waals surface area contributed by atoms with Crippen LogP contribution >= 0.6 is 0 Å². The molecule has 0 aromatic heterocycles. The van der Waals surface area contributed by atoms with Crippen molar-refractivity contribution in [3.63, 3.8) is 0 Å². The van der Waals surface area contributed by atoms with E-state index in [4.69, 9.17) is 4.74 Å². The third-order valence-electron chi connectivity index (χ3n) is 4.19. The van der Waals surface area contributed by atoms with Crippen molar-refractivity contribution < 1.29 is 14.5 Å². The van der Waals surface area contributed by atoms with Gasteiger partial charge in [0.1, 0.15) is 0 Å². The maximum Gasteiger partial charge on any atom is 0.410 e. The lowest BCUT2D eigenvalue weighted by Crippen LogP contribution is -2.36. The summed E-state index contributed by atoms with van der Waals surface area (Å²) in [6, 6.07) is 13.1. The Bertz CT molecular complexity index is 774. The third kappa shape index (κ3) is 2.95. The number of ether oxygens (including phenoxy) is 1. The van der Waals surface area contributed by atoms with Crippen LogP contribution in [-0.4, -0.2) is 29.1 Å².